The van der Waals surface area contributed by atoms with Crippen LogP contribution in [0.3, 0.4) is 0 Å². The summed E-state index contributed by atoms with van der Waals surface area (Å²) in [5, 5.41) is 17.2. The second-order valence-electron chi connectivity index (χ2n) is 6.94. The number of aliphatic carboxylic acids is 2. The molecule has 0 radical (unpaired) electrons. The topological polar surface area (TPSA) is 101 Å². The zero-order valence-corrected chi connectivity index (χ0v) is 13.6. The number of nitrogens with two attached hydrogens (primary N) is 1. The van der Waals surface area contributed by atoms with E-state index in [0.717, 1.165) is 38.5 Å². The van der Waals surface area contributed by atoms with Gasteiger partial charge in [-0.3, -0.25) is 9.59 Å². The molecule has 0 spiro atoms. The van der Waals surface area contributed by atoms with Gasteiger partial charge in [-0.05, 0) is 43.6 Å². The van der Waals surface area contributed by atoms with Crippen LogP contribution in [0.15, 0.2) is 0 Å². The Balaban J connectivity index is 0.000000224. The van der Waals surface area contributed by atoms with Crippen LogP contribution < -0.4 is 5.73 Å². The minimum atomic E-state index is -0.706. The number of carbonyl (C=O) groups is 2. The number of carboxylic acids is 2. The standard InChI is InChI=1S/C9H17NO2.C8H14O2/c10-7-9(6-8(11)12)4-2-1-3-5-9;9-8(10)6-7-4-2-1-3-5-7/h1-7,10H2,(H,11,12);7H,1-6H2,(H,9,10). The molecule has 2 rings (SSSR count). The maximum absolute atomic E-state index is 10.6. The summed E-state index contributed by atoms with van der Waals surface area (Å²) in [5.41, 5.74) is 5.54. The molecule has 0 unspecified atom stereocenters. The molecule has 5 heteroatoms. The van der Waals surface area contributed by atoms with Gasteiger partial charge in [0.25, 0.3) is 0 Å². The summed E-state index contributed by atoms with van der Waals surface area (Å²) in [6, 6.07) is 0. The zero-order chi connectivity index (χ0) is 16.4. The van der Waals surface area contributed by atoms with Crippen molar-refractivity contribution in [1.82, 2.24) is 0 Å². The zero-order valence-electron chi connectivity index (χ0n) is 13.6. The lowest BCUT2D eigenvalue weighted by Crippen LogP contribution is -2.34. The maximum atomic E-state index is 10.6. The lowest BCUT2D eigenvalue weighted by Gasteiger charge is -2.34. The van der Waals surface area contributed by atoms with E-state index >= 15 is 0 Å². The highest BCUT2D eigenvalue weighted by Crippen LogP contribution is 2.38. The van der Waals surface area contributed by atoms with Gasteiger partial charge in [-0.15, -0.1) is 0 Å². The Labute approximate surface area is 133 Å². The SMILES string of the molecule is NCC1(CC(=O)O)CCCCC1.O=C(O)CC1CCCCC1. The van der Waals surface area contributed by atoms with Crippen LogP contribution in [0.4, 0.5) is 0 Å². The number of carboxylic acid groups (broad SMARTS) is 2. The van der Waals surface area contributed by atoms with Gasteiger partial charge in [0, 0.05) is 6.42 Å². The first kappa shape index (κ1) is 18.9. The van der Waals surface area contributed by atoms with Gasteiger partial charge in [-0.2, -0.15) is 0 Å². The van der Waals surface area contributed by atoms with Crippen LogP contribution in [-0.2, 0) is 9.59 Å². The van der Waals surface area contributed by atoms with Crippen molar-refractivity contribution in [1.29, 1.82) is 0 Å². The highest BCUT2D eigenvalue weighted by atomic mass is 16.4. The summed E-state index contributed by atoms with van der Waals surface area (Å²) < 4.78 is 0. The van der Waals surface area contributed by atoms with E-state index in [9.17, 15) is 9.59 Å². The Morgan fingerprint density at radius 2 is 1.45 bits per heavy atom. The molecule has 0 heterocycles. The van der Waals surface area contributed by atoms with Gasteiger partial charge in [0.2, 0.25) is 0 Å². The number of rotatable bonds is 5. The Kier molecular flexibility index (Phi) is 8.46. The predicted molar refractivity (Wildman–Crippen MR) is 85.7 cm³/mol. The molecule has 2 aliphatic carbocycles. The summed E-state index contributed by atoms with van der Waals surface area (Å²) >= 11 is 0. The van der Waals surface area contributed by atoms with Crippen molar-refractivity contribution < 1.29 is 19.8 Å². The highest BCUT2D eigenvalue weighted by molar-refractivity contribution is 5.67. The molecule has 0 saturated heterocycles. The molecule has 22 heavy (non-hydrogen) atoms. The van der Waals surface area contributed by atoms with Crippen LogP contribution in [-0.4, -0.2) is 28.7 Å². The second-order valence-corrected chi connectivity index (χ2v) is 6.94. The molecule has 0 aromatic heterocycles. The third kappa shape index (κ3) is 7.25. The molecule has 0 atom stereocenters. The molecule has 2 saturated carbocycles. The average Bonchev–Trinajstić information content (AvgIpc) is 2.48. The molecular formula is C17H31NO4. The molecule has 128 valence electrons. The fraction of sp³-hybridized carbons (Fsp3) is 0.882. The van der Waals surface area contributed by atoms with E-state index in [2.05, 4.69) is 0 Å². The second kappa shape index (κ2) is 9.82. The van der Waals surface area contributed by atoms with E-state index in [-0.39, 0.29) is 11.8 Å². The predicted octanol–water partition coefficient (Wildman–Crippen LogP) is 3.41. The first-order chi connectivity index (χ1) is 10.5. The van der Waals surface area contributed by atoms with Crippen LogP contribution in [0.1, 0.15) is 77.0 Å². The normalized spacial score (nSPS) is 21.5. The summed E-state index contributed by atoms with van der Waals surface area (Å²) in [4.78, 5) is 20.8. The molecule has 0 aromatic rings. The van der Waals surface area contributed by atoms with E-state index in [0.29, 0.717) is 18.9 Å². The van der Waals surface area contributed by atoms with Gasteiger partial charge in [0.05, 0.1) is 6.42 Å². The van der Waals surface area contributed by atoms with Gasteiger partial charge >= 0.3 is 11.9 Å². The van der Waals surface area contributed by atoms with Gasteiger partial charge in [-0.25, -0.2) is 0 Å². The molecule has 5 nitrogen and oxygen atoms in total. The van der Waals surface area contributed by atoms with E-state index in [1.807, 2.05) is 0 Å². The molecule has 2 fully saturated rings. The first-order valence-corrected chi connectivity index (χ1v) is 8.61. The monoisotopic (exact) mass is 313 g/mol. The van der Waals surface area contributed by atoms with Crippen LogP contribution in [0.25, 0.3) is 0 Å². The van der Waals surface area contributed by atoms with E-state index < -0.39 is 11.9 Å². The molecule has 0 aromatic carbocycles. The Hall–Kier alpha value is -1.10. The summed E-state index contributed by atoms with van der Waals surface area (Å²) in [5.74, 6) is -0.861. The Morgan fingerprint density at radius 3 is 1.91 bits per heavy atom. The first-order valence-electron chi connectivity index (χ1n) is 8.61. The minimum absolute atomic E-state index is 0.0793. The summed E-state index contributed by atoms with van der Waals surface area (Å²) in [6.45, 7) is 0.527. The molecule has 4 N–H and O–H groups in total. The van der Waals surface area contributed by atoms with Crippen LogP contribution >= 0.6 is 0 Å². The molecular weight excluding hydrogens is 282 g/mol. The van der Waals surface area contributed by atoms with Crippen LogP contribution in [0, 0.1) is 11.3 Å². The Morgan fingerprint density at radius 1 is 0.909 bits per heavy atom. The van der Waals surface area contributed by atoms with Gasteiger partial charge < -0.3 is 15.9 Å². The van der Waals surface area contributed by atoms with Crippen LogP contribution in [0.5, 0.6) is 0 Å². The van der Waals surface area contributed by atoms with Crippen molar-refractivity contribution in [2.45, 2.75) is 77.0 Å². The van der Waals surface area contributed by atoms with Crippen molar-refractivity contribution in [2.75, 3.05) is 6.54 Å². The van der Waals surface area contributed by atoms with Crippen molar-refractivity contribution in [3.8, 4) is 0 Å². The van der Waals surface area contributed by atoms with Gasteiger partial charge in [0.15, 0.2) is 0 Å². The fourth-order valence-electron chi connectivity index (χ4n) is 3.71. The average molecular weight is 313 g/mol. The summed E-state index contributed by atoms with van der Waals surface area (Å²) in [7, 11) is 0. The summed E-state index contributed by atoms with van der Waals surface area (Å²) in [6.07, 6.45) is 12.2. The smallest absolute Gasteiger partial charge is 0.303 e. The van der Waals surface area contributed by atoms with E-state index in [1.54, 1.807) is 0 Å². The number of hydrogen-bond acceptors (Lipinski definition) is 3. The number of hydrogen-bond donors (Lipinski definition) is 3. The maximum Gasteiger partial charge on any atom is 0.303 e. The molecule has 0 amide bonds. The van der Waals surface area contributed by atoms with Crippen molar-refractivity contribution in [3.05, 3.63) is 0 Å². The van der Waals surface area contributed by atoms with E-state index in [1.165, 1.54) is 25.7 Å². The molecule has 0 aliphatic heterocycles. The third-order valence-electron chi connectivity index (χ3n) is 5.06. The minimum Gasteiger partial charge on any atom is -0.481 e. The van der Waals surface area contributed by atoms with Crippen LogP contribution in [0.2, 0.25) is 0 Å². The van der Waals surface area contributed by atoms with Gasteiger partial charge in [0.1, 0.15) is 0 Å². The van der Waals surface area contributed by atoms with E-state index in [4.69, 9.17) is 15.9 Å². The van der Waals surface area contributed by atoms with Gasteiger partial charge in [-0.1, -0.05) is 38.5 Å². The third-order valence-corrected chi connectivity index (χ3v) is 5.06. The quantitative estimate of drug-likeness (QED) is 0.722. The highest BCUT2D eigenvalue weighted by Gasteiger charge is 2.32. The molecule has 0 bridgehead atoms. The van der Waals surface area contributed by atoms with Crippen molar-refractivity contribution in [3.63, 3.8) is 0 Å². The fourth-order valence-corrected chi connectivity index (χ4v) is 3.71. The Bertz CT molecular complexity index is 345. The lowest BCUT2D eigenvalue weighted by atomic mass is 9.72. The van der Waals surface area contributed by atoms with Crippen molar-refractivity contribution >= 4 is 11.9 Å². The van der Waals surface area contributed by atoms with Crippen molar-refractivity contribution in [2.24, 2.45) is 17.1 Å². The largest absolute Gasteiger partial charge is 0.481 e. The lowest BCUT2D eigenvalue weighted by molar-refractivity contribution is -0.140. The molecule has 2 aliphatic rings.